The zero-order chi connectivity index (χ0) is 14.1. The third kappa shape index (κ3) is 5.39. The fourth-order valence-electron chi connectivity index (χ4n) is 1.40. The van der Waals surface area contributed by atoms with Gasteiger partial charge in [0, 0.05) is 18.7 Å². The molecule has 0 aromatic heterocycles. The number of likely N-dealkylation sites (N-methyl/N-ethyl adjacent to an activating group) is 1. The van der Waals surface area contributed by atoms with E-state index >= 15 is 0 Å². The number of benzene rings is 1. The first-order valence-corrected chi connectivity index (χ1v) is 6.06. The van der Waals surface area contributed by atoms with Crippen molar-refractivity contribution in [2.75, 3.05) is 26.3 Å². The van der Waals surface area contributed by atoms with Crippen LogP contribution in [-0.4, -0.2) is 43.2 Å². The molecule has 0 aliphatic rings. The Morgan fingerprint density at radius 2 is 2.11 bits per heavy atom. The van der Waals surface area contributed by atoms with Crippen LogP contribution >= 0.6 is 0 Å². The summed E-state index contributed by atoms with van der Waals surface area (Å²) in [6, 6.07) is 6.51. The van der Waals surface area contributed by atoms with Gasteiger partial charge in [-0.05, 0) is 25.1 Å². The molecule has 0 bridgehead atoms. The number of aliphatic hydroxyl groups is 1. The van der Waals surface area contributed by atoms with Gasteiger partial charge in [0.05, 0.1) is 6.61 Å². The Labute approximate surface area is 111 Å². The summed E-state index contributed by atoms with van der Waals surface area (Å²) >= 11 is 0. The first-order chi connectivity index (χ1) is 9.17. The lowest BCUT2D eigenvalue weighted by Crippen LogP contribution is -2.28. The molecule has 0 spiro atoms. The Morgan fingerprint density at radius 3 is 2.79 bits per heavy atom. The van der Waals surface area contributed by atoms with Crippen LogP contribution in [0.4, 0.5) is 0 Å². The molecule has 0 fully saturated rings. The smallest absolute Gasteiger partial charge is 0.257 e. The summed E-state index contributed by atoms with van der Waals surface area (Å²) in [5.41, 5.74) is 0.418. The SMILES string of the molecule is CCNC(=O)COc1cccc(C(=O)NCCO)c1. The van der Waals surface area contributed by atoms with Gasteiger partial charge in [-0.25, -0.2) is 0 Å². The summed E-state index contributed by atoms with van der Waals surface area (Å²) in [4.78, 5) is 22.9. The van der Waals surface area contributed by atoms with Gasteiger partial charge in [0.2, 0.25) is 0 Å². The molecular formula is C13H18N2O4. The molecule has 0 heterocycles. The van der Waals surface area contributed by atoms with Gasteiger partial charge >= 0.3 is 0 Å². The van der Waals surface area contributed by atoms with Crippen molar-refractivity contribution in [1.82, 2.24) is 10.6 Å². The molecule has 0 atom stereocenters. The number of rotatable bonds is 7. The third-order valence-electron chi connectivity index (χ3n) is 2.24. The van der Waals surface area contributed by atoms with Gasteiger partial charge in [0.1, 0.15) is 5.75 Å². The lowest BCUT2D eigenvalue weighted by molar-refractivity contribution is -0.122. The molecule has 1 aromatic rings. The molecule has 3 N–H and O–H groups in total. The third-order valence-corrected chi connectivity index (χ3v) is 2.24. The van der Waals surface area contributed by atoms with E-state index in [1.165, 1.54) is 0 Å². The average molecular weight is 266 g/mol. The summed E-state index contributed by atoms with van der Waals surface area (Å²) in [6.45, 7) is 2.37. The van der Waals surface area contributed by atoms with E-state index in [2.05, 4.69) is 10.6 Å². The highest BCUT2D eigenvalue weighted by molar-refractivity contribution is 5.94. The molecule has 0 radical (unpaired) electrons. The molecule has 19 heavy (non-hydrogen) atoms. The molecule has 6 heteroatoms. The zero-order valence-electron chi connectivity index (χ0n) is 10.8. The van der Waals surface area contributed by atoms with E-state index in [0.717, 1.165) is 0 Å². The first-order valence-electron chi connectivity index (χ1n) is 6.06. The monoisotopic (exact) mass is 266 g/mol. The Kier molecular flexibility index (Phi) is 6.38. The van der Waals surface area contributed by atoms with Crippen LogP contribution < -0.4 is 15.4 Å². The highest BCUT2D eigenvalue weighted by Crippen LogP contribution is 2.13. The molecule has 0 aliphatic heterocycles. The van der Waals surface area contributed by atoms with Crippen molar-refractivity contribution in [3.05, 3.63) is 29.8 Å². The second-order valence-corrected chi connectivity index (χ2v) is 3.75. The van der Waals surface area contributed by atoms with Crippen molar-refractivity contribution < 1.29 is 19.4 Å². The predicted octanol–water partition coefficient (Wildman–Crippen LogP) is -0.0764. The maximum atomic E-state index is 11.6. The minimum atomic E-state index is -0.294. The van der Waals surface area contributed by atoms with Gasteiger partial charge in [-0.3, -0.25) is 9.59 Å². The highest BCUT2D eigenvalue weighted by Gasteiger charge is 2.07. The van der Waals surface area contributed by atoms with Crippen molar-refractivity contribution >= 4 is 11.8 Å². The van der Waals surface area contributed by atoms with Crippen LogP contribution in [0, 0.1) is 0 Å². The second kappa shape index (κ2) is 8.10. The number of hydrogen-bond donors (Lipinski definition) is 3. The Hall–Kier alpha value is -2.08. The van der Waals surface area contributed by atoms with Crippen LogP contribution in [0.1, 0.15) is 17.3 Å². The summed E-state index contributed by atoms with van der Waals surface area (Å²) in [7, 11) is 0. The van der Waals surface area contributed by atoms with E-state index in [1.54, 1.807) is 24.3 Å². The number of carbonyl (C=O) groups excluding carboxylic acids is 2. The van der Waals surface area contributed by atoms with Crippen molar-refractivity contribution in [3.63, 3.8) is 0 Å². The molecule has 6 nitrogen and oxygen atoms in total. The topological polar surface area (TPSA) is 87.7 Å². The Morgan fingerprint density at radius 1 is 1.32 bits per heavy atom. The molecule has 1 aromatic carbocycles. The van der Waals surface area contributed by atoms with E-state index in [9.17, 15) is 9.59 Å². The molecule has 0 saturated heterocycles. The predicted molar refractivity (Wildman–Crippen MR) is 70.0 cm³/mol. The molecule has 0 unspecified atom stereocenters. The Bertz CT molecular complexity index is 434. The lowest BCUT2D eigenvalue weighted by atomic mass is 10.2. The second-order valence-electron chi connectivity index (χ2n) is 3.75. The number of ether oxygens (including phenoxy) is 1. The normalized spacial score (nSPS) is 9.79. The van der Waals surface area contributed by atoms with E-state index in [0.29, 0.717) is 17.9 Å². The number of carbonyl (C=O) groups is 2. The zero-order valence-corrected chi connectivity index (χ0v) is 10.8. The highest BCUT2D eigenvalue weighted by atomic mass is 16.5. The van der Waals surface area contributed by atoms with E-state index in [-0.39, 0.29) is 31.6 Å². The van der Waals surface area contributed by atoms with Crippen molar-refractivity contribution in [3.8, 4) is 5.75 Å². The van der Waals surface area contributed by atoms with Crippen LogP contribution in [-0.2, 0) is 4.79 Å². The van der Waals surface area contributed by atoms with Crippen LogP contribution in [0.2, 0.25) is 0 Å². The number of nitrogens with one attached hydrogen (secondary N) is 2. The molecule has 1 rings (SSSR count). The standard InChI is InChI=1S/C13H18N2O4/c1-2-14-12(17)9-19-11-5-3-4-10(8-11)13(18)15-6-7-16/h3-5,8,16H,2,6-7,9H2,1H3,(H,14,17)(H,15,18). The van der Waals surface area contributed by atoms with Crippen molar-refractivity contribution in [2.45, 2.75) is 6.92 Å². The first kappa shape index (κ1) is 15.0. The van der Waals surface area contributed by atoms with Crippen LogP contribution in [0.15, 0.2) is 24.3 Å². The summed E-state index contributed by atoms with van der Waals surface area (Å²) in [5, 5.41) is 13.8. The Balaban J connectivity index is 2.56. The fraction of sp³-hybridized carbons (Fsp3) is 0.385. The summed E-state index contributed by atoms with van der Waals surface area (Å²) in [5.74, 6) is -0.0574. The number of aliphatic hydroxyl groups excluding tert-OH is 1. The van der Waals surface area contributed by atoms with E-state index < -0.39 is 0 Å². The van der Waals surface area contributed by atoms with Crippen molar-refractivity contribution in [2.24, 2.45) is 0 Å². The molecular weight excluding hydrogens is 248 g/mol. The fourth-order valence-corrected chi connectivity index (χ4v) is 1.40. The molecule has 0 saturated carbocycles. The minimum absolute atomic E-state index is 0.0877. The molecule has 0 aliphatic carbocycles. The molecule has 2 amide bonds. The van der Waals surface area contributed by atoms with Crippen LogP contribution in [0.5, 0.6) is 5.75 Å². The summed E-state index contributed by atoms with van der Waals surface area (Å²) in [6.07, 6.45) is 0. The van der Waals surface area contributed by atoms with Crippen LogP contribution in [0.3, 0.4) is 0 Å². The lowest BCUT2D eigenvalue weighted by Gasteiger charge is -2.08. The van der Waals surface area contributed by atoms with Crippen molar-refractivity contribution in [1.29, 1.82) is 0 Å². The van der Waals surface area contributed by atoms with Gasteiger partial charge in [0.15, 0.2) is 6.61 Å². The van der Waals surface area contributed by atoms with E-state index in [4.69, 9.17) is 9.84 Å². The number of hydrogen-bond acceptors (Lipinski definition) is 4. The summed E-state index contributed by atoms with van der Waals surface area (Å²) < 4.78 is 5.27. The van der Waals surface area contributed by atoms with E-state index in [1.807, 2.05) is 6.92 Å². The van der Waals surface area contributed by atoms with Gasteiger partial charge in [-0.2, -0.15) is 0 Å². The van der Waals surface area contributed by atoms with Gasteiger partial charge in [-0.1, -0.05) is 6.07 Å². The largest absolute Gasteiger partial charge is 0.484 e. The van der Waals surface area contributed by atoms with Gasteiger partial charge in [-0.15, -0.1) is 0 Å². The average Bonchev–Trinajstić information content (AvgIpc) is 2.43. The maximum absolute atomic E-state index is 11.6. The van der Waals surface area contributed by atoms with Gasteiger partial charge in [0.25, 0.3) is 11.8 Å². The number of amides is 2. The molecule has 104 valence electrons. The van der Waals surface area contributed by atoms with Gasteiger partial charge < -0.3 is 20.5 Å². The van der Waals surface area contributed by atoms with Crippen LogP contribution in [0.25, 0.3) is 0 Å². The minimum Gasteiger partial charge on any atom is -0.484 e. The quantitative estimate of drug-likeness (QED) is 0.644. The maximum Gasteiger partial charge on any atom is 0.257 e.